The summed E-state index contributed by atoms with van der Waals surface area (Å²) >= 11 is 0. The van der Waals surface area contributed by atoms with Crippen molar-refractivity contribution in [3.05, 3.63) is 34.4 Å². The molecule has 0 saturated heterocycles. The predicted octanol–water partition coefficient (Wildman–Crippen LogP) is 4.23. The first-order valence-corrected chi connectivity index (χ1v) is 6.06. The van der Waals surface area contributed by atoms with Gasteiger partial charge in [-0.15, -0.1) is 0 Å². The Morgan fingerprint density at radius 1 is 1.15 bits per heavy atom. The van der Waals surface area contributed by atoms with Gasteiger partial charge in [0.2, 0.25) is 0 Å². The summed E-state index contributed by atoms with van der Waals surface area (Å²) in [6, 6.07) is 4.92. The van der Waals surface area contributed by atoms with Crippen LogP contribution in [0.2, 0.25) is 0 Å². The molecule has 1 aromatic rings. The fourth-order valence-electron chi connectivity index (χ4n) is 2.31. The third kappa shape index (κ3) is 3.13. The molecular formula is C15H17F3N2. The highest BCUT2D eigenvalue weighted by Crippen LogP contribution is 2.34. The molecule has 0 radical (unpaired) electrons. The molecule has 0 aliphatic carbocycles. The Morgan fingerprint density at radius 3 is 1.90 bits per heavy atom. The number of aryl methyl sites for hydroxylation is 2. The molecule has 2 nitrogen and oxygen atoms in total. The van der Waals surface area contributed by atoms with Crippen molar-refractivity contribution in [2.24, 2.45) is 0 Å². The topological polar surface area (TPSA) is 27.0 Å². The zero-order valence-electron chi connectivity index (χ0n) is 12.2. The minimum atomic E-state index is -4.49. The lowest BCUT2D eigenvalue weighted by atomic mass is 9.96. The second-order valence-corrected chi connectivity index (χ2v) is 4.96. The molecule has 0 amide bonds. The van der Waals surface area contributed by atoms with E-state index in [9.17, 15) is 13.2 Å². The van der Waals surface area contributed by atoms with Crippen molar-refractivity contribution in [1.82, 2.24) is 0 Å². The van der Waals surface area contributed by atoms with Crippen LogP contribution in [0.4, 0.5) is 18.9 Å². The van der Waals surface area contributed by atoms with Crippen LogP contribution < -0.4 is 4.90 Å². The van der Waals surface area contributed by atoms with E-state index in [2.05, 4.69) is 0 Å². The zero-order valence-corrected chi connectivity index (χ0v) is 12.2. The number of hydrogen-bond acceptors (Lipinski definition) is 2. The van der Waals surface area contributed by atoms with Gasteiger partial charge in [-0.25, -0.2) is 0 Å². The number of anilines is 1. The van der Waals surface area contributed by atoms with Crippen molar-refractivity contribution >= 4 is 11.3 Å². The van der Waals surface area contributed by atoms with Crippen molar-refractivity contribution < 1.29 is 13.2 Å². The van der Waals surface area contributed by atoms with Crippen LogP contribution in [0.25, 0.3) is 5.57 Å². The van der Waals surface area contributed by atoms with Crippen LogP contribution in [-0.4, -0.2) is 20.3 Å². The normalized spacial score (nSPS) is 12.8. The highest BCUT2D eigenvalue weighted by atomic mass is 19.4. The minimum Gasteiger partial charge on any atom is -0.377 e. The third-order valence-corrected chi connectivity index (χ3v) is 3.14. The molecule has 0 bridgehead atoms. The van der Waals surface area contributed by atoms with Gasteiger partial charge in [0.15, 0.2) is 0 Å². The second-order valence-electron chi connectivity index (χ2n) is 4.96. The summed E-state index contributed by atoms with van der Waals surface area (Å²) in [4.78, 5) is 1.90. The molecule has 20 heavy (non-hydrogen) atoms. The van der Waals surface area contributed by atoms with E-state index in [0.29, 0.717) is 5.56 Å². The van der Waals surface area contributed by atoms with Crippen molar-refractivity contribution in [2.75, 3.05) is 19.0 Å². The Hall–Kier alpha value is -1.96. The number of nitriles is 1. The molecule has 0 atom stereocenters. The van der Waals surface area contributed by atoms with Crippen molar-refractivity contribution in [1.29, 1.82) is 5.26 Å². The highest BCUT2D eigenvalue weighted by molar-refractivity contribution is 5.82. The lowest BCUT2D eigenvalue weighted by molar-refractivity contribution is -0.0906. The fraction of sp³-hybridized carbons (Fsp3) is 0.400. The van der Waals surface area contributed by atoms with Gasteiger partial charge in [0.25, 0.3) is 0 Å². The minimum absolute atomic E-state index is 0.308. The van der Waals surface area contributed by atoms with Gasteiger partial charge in [-0.2, -0.15) is 18.4 Å². The molecule has 0 aromatic heterocycles. The van der Waals surface area contributed by atoms with Gasteiger partial charge >= 0.3 is 6.18 Å². The summed E-state index contributed by atoms with van der Waals surface area (Å²) in [5.74, 6) is 0. The number of allylic oxidation sites excluding steroid dienone is 2. The van der Waals surface area contributed by atoms with E-state index in [1.807, 2.05) is 32.8 Å². The fourth-order valence-corrected chi connectivity index (χ4v) is 2.31. The van der Waals surface area contributed by atoms with E-state index in [-0.39, 0.29) is 5.57 Å². The first-order valence-electron chi connectivity index (χ1n) is 6.06. The van der Waals surface area contributed by atoms with Crippen LogP contribution in [0.1, 0.15) is 23.6 Å². The van der Waals surface area contributed by atoms with E-state index in [1.54, 1.807) is 18.2 Å². The Balaban J connectivity index is 3.53. The molecule has 0 aliphatic heterocycles. The van der Waals surface area contributed by atoms with Gasteiger partial charge in [-0.3, -0.25) is 0 Å². The van der Waals surface area contributed by atoms with Crippen LogP contribution >= 0.6 is 0 Å². The maximum Gasteiger partial charge on any atom is 0.413 e. The van der Waals surface area contributed by atoms with Crippen molar-refractivity contribution in [2.45, 2.75) is 26.9 Å². The van der Waals surface area contributed by atoms with Crippen LogP contribution in [0.15, 0.2) is 17.7 Å². The van der Waals surface area contributed by atoms with E-state index >= 15 is 0 Å². The van der Waals surface area contributed by atoms with Crippen LogP contribution in [0.3, 0.4) is 0 Å². The van der Waals surface area contributed by atoms with E-state index < -0.39 is 11.7 Å². The Labute approximate surface area is 117 Å². The smallest absolute Gasteiger partial charge is 0.377 e. The molecule has 1 rings (SSSR count). The summed E-state index contributed by atoms with van der Waals surface area (Å²) < 4.78 is 38.3. The van der Waals surface area contributed by atoms with E-state index in [4.69, 9.17) is 5.26 Å². The molecule has 1 aromatic carbocycles. The van der Waals surface area contributed by atoms with Gasteiger partial charge in [-0.05, 0) is 49.6 Å². The molecule has 0 aliphatic rings. The maximum absolute atomic E-state index is 12.8. The number of alkyl halides is 3. The molecule has 0 fully saturated rings. The molecule has 0 heterocycles. The summed E-state index contributed by atoms with van der Waals surface area (Å²) in [5, 5.41) is 9.06. The number of rotatable bonds is 2. The third-order valence-electron chi connectivity index (χ3n) is 3.14. The Kier molecular flexibility index (Phi) is 4.49. The second kappa shape index (κ2) is 5.58. The highest BCUT2D eigenvalue weighted by Gasteiger charge is 2.33. The molecule has 0 spiro atoms. The summed E-state index contributed by atoms with van der Waals surface area (Å²) in [6.45, 7) is 4.58. The molecule has 0 unspecified atom stereocenters. The largest absolute Gasteiger partial charge is 0.413 e. The van der Waals surface area contributed by atoms with Crippen molar-refractivity contribution in [3.63, 3.8) is 0 Å². The van der Waals surface area contributed by atoms with Gasteiger partial charge in [-0.1, -0.05) is 0 Å². The zero-order chi connectivity index (χ0) is 15.7. The summed E-state index contributed by atoms with van der Waals surface area (Å²) in [5.41, 5.74) is 1.75. The monoisotopic (exact) mass is 282 g/mol. The standard InChI is InChI=1S/C15H17F3N2/c1-9-6-12(7-10(2)14(9)20(4)5)13(8-19)11(3)15(16,17)18/h6-7H,1-5H3/b13-11+. The maximum atomic E-state index is 12.8. The van der Waals surface area contributed by atoms with E-state index in [1.165, 1.54) is 0 Å². The molecular weight excluding hydrogens is 265 g/mol. The molecule has 5 heteroatoms. The van der Waals surface area contributed by atoms with E-state index in [0.717, 1.165) is 23.7 Å². The molecule has 0 N–H and O–H groups in total. The molecule has 108 valence electrons. The Bertz CT molecular complexity index is 567. The average molecular weight is 282 g/mol. The van der Waals surface area contributed by atoms with Crippen molar-refractivity contribution in [3.8, 4) is 6.07 Å². The number of benzene rings is 1. The van der Waals surface area contributed by atoms with Gasteiger partial charge in [0.1, 0.15) is 6.07 Å². The van der Waals surface area contributed by atoms with Gasteiger partial charge < -0.3 is 4.90 Å². The summed E-state index contributed by atoms with van der Waals surface area (Å²) in [6.07, 6.45) is -4.49. The lowest BCUT2D eigenvalue weighted by Crippen LogP contribution is -2.13. The quantitative estimate of drug-likeness (QED) is 0.759. The predicted molar refractivity (Wildman–Crippen MR) is 74.5 cm³/mol. The van der Waals surface area contributed by atoms with Gasteiger partial charge in [0, 0.05) is 25.4 Å². The Morgan fingerprint density at radius 2 is 1.60 bits per heavy atom. The number of hydrogen-bond donors (Lipinski definition) is 0. The first-order chi connectivity index (χ1) is 9.09. The SMILES string of the molecule is C/C(=C(/C#N)c1cc(C)c(N(C)C)c(C)c1)C(F)(F)F. The van der Waals surface area contributed by atoms with Crippen LogP contribution in [0.5, 0.6) is 0 Å². The first kappa shape index (κ1) is 16.1. The van der Waals surface area contributed by atoms with Gasteiger partial charge in [0.05, 0.1) is 5.57 Å². The molecule has 0 saturated carbocycles. The average Bonchev–Trinajstić information content (AvgIpc) is 2.26. The summed E-state index contributed by atoms with van der Waals surface area (Å²) in [7, 11) is 3.74. The van der Waals surface area contributed by atoms with Crippen LogP contribution in [0, 0.1) is 25.2 Å². The number of halogens is 3. The van der Waals surface area contributed by atoms with Crippen LogP contribution in [-0.2, 0) is 0 Å². The lowest BCUT2D eigenvalue weighted by Gasteiger charge is -2.20. The number of nitrogens with zero attached hydrogens (tertiary/aromatic N) is 2.